The van der Waals surface area contributed by atoms with Gasteiger partial charge >= 0.3 is 0 Å². The van der Waals surface area contributed by atoms with Crippen molar-refractivity contribution in [1.29, 1.82) is 0 Å². The second kappa shape index (κ2) is 5.09. The lowest BCUT2D eigenvalue weighted by Crippen LogP contribution is -2.59. The fraction of sp³-hybridized carbons (Fsp3) is 0.714. The normalized spacial score (nSPS) is 27.3. The lowest BCUT2D eigenvalue weighted by atomic mass is 9.84. The summed E-state index contributed by atoms with van der Waals surface area (Å²) in [6, 6.07) is 3.47. The maximum absolute atomic E-state index is 3.68. The monoisotopic (exact) mass is 252 g/mol. The van der Waals surface area contributed by atoms with E-state index >= 15 is 0 Å². The van der Waals surface area contributed by atoms with Crippen molar-refractivity contribution < 1.29 is 0 Å². The molecule has 1 aromatic heterocycles. The number of nitrogens with zero attached hydrogens (tertiary/aromatic N) is 1. The average Bonchev–Trinajstić information content (AvgIpc) is 2.72. The van der Waals surface area contributed by atoms with Crippen LogP contribution in [0.2, 0.25) is 0 Å². The zero-order chi connectivity index (χ0) is 12.5. The second-order valence-electron chi connectivity index (χ2n) is 6.24. The van der Waals surface area contributed by atoms with E-state index in [1.165, 1.54) is 5.56 Å². The van der Waals surface area contributed by atoms with E-state index in [0.29, 0.717) is 17.5 Å². The van der Waals surface area contributed by atoms with E-state index < -0.39 is 0 Å². The zero-order valence-electron chi connectivity index (χ0n) is 11.4. The van der Waals surface area contributed by atoms with Gasteiger partial charge in [-0.25, -0.2) is 0 Å². The molecular formula is C14H24N2S. The molecule has 0 aliphatic carbocycles. The van der Waals surface area contributed by atoms with E-state index in [4.69, 9.17) is 0 Å². The van der Waals surface area contributed by atoms with Crippen molar-refractivity contribution >= 4 is 11.3 Å². The standard InChI is InChI=1S/C14H24N2S/c1-11-7-15-13(14(2,3)4)9-16(11)8-12-5-6-17-10-12/h5-6,10-11,13,15H,7-9H2,1-4H3. The third-order valence-electron chi connectivity index (χ3n) is 3.71. The molecule has 17 heavy (non-hydrogen) atoms. The van der Waals surface area contributed by atoms with Gasteiger partial charge in [-0.05, 0) is 34.7 Å². The van der Waals surface area contributed by atoms with Crippen LogP contribution in [-0.4, -0.2) is 30.1 Å². The Labute approximate surface area is 109 Å². The number of rotatable bonds is 2. The molecule has 0 saturated carbocycles. The lowest BCUT2D eigenvalue weighted by Gasteiger charge is -2.44. The Bertz CT molecular complexity index is 340. The van der Waals surface area contributed by atoms with Crippen LogP contribution < -0.4 is 5.32 Å². The molecule has 0 bridgehead atoms. The summed E-state index contributed by atoms with van der Waals surface area (Å²) in [6.07, 6.45) is 0. The first-order valence-electron chi connectivity index (χ1n) is 6.45. The van der Waals surface area contributed by atoms with Gasteiger partial charge in [-0.3, -0.25) is 4.90 Å². The van der Waals surface area contributed by atoms with Gasteiger partial charge in [0.15, 0.2) is 0 Å². The molecule has 1 N–H and O–H groups in total. The minimum absolute atomic E-state index is 0.340. The van der Waals surface area contributed by atoms with Crippen molar-refractivity contribution in [2.75, 3.05) is 13.1 Å². The highest BCUT2D eigenvalue weighted by atomic mass is 32.1. The van der Waals surface area contributed by atoms with E-state index in [1.807, 2.05) is 0 Å². The molecular weight excluding hydrogens is 228 g/mol. The highest BCUT2D eigenvalue weighted by molar-refractivity contribution is 7.07. The van der Waals surface area contributed by atoms with Crippen LogP contribution in [0.15, 0.2) is 16.8 Å². The van der Waals surface area contributed by atoms with Crippen LogP contribution in [0.4, 0.5) is 0 Å². The topological polar surface area (TPSA) is 15.3 Å². The van der Waals surface area contributed by atoms with Crippen LogP contribution in [0.3, 0.4) is 0 Å². The Balaban J connectivity index is 2.00. The molecule has 1 fully saturated rings. The minimum Gasteiger partial charge on any atom is -0.311 e. The number of thiophene rings is 1. The number of hydrogen-bond acceptors (Lipinski definition) is 3. The molecule has 2 unspecified atom stereocenters. The molecule has 1 saturated heterocycles. The minimum atomic E-state index is 0.340. The van der Waals surface area contributed by atoms with Gasteiger partial charge in [0.25, 0.3) is 0 Å². The summed E-state index contributed by atoms with van der Waals surface area (Å²) < 4.78 is 0. The van der Waals surface area contributed by atoms with Gasteiger partial charge < -0.3 is 5.32 Å². The number of nitrogens with one attached hydrogen (secondary N) is 1. The molecule has 0 spiro atoms. The van der Waals surface area contributed by atoms with Crippen molar-refractivity contribution in [1.82, 2.24) is 10.2 Å². The van der Waals surface area contributed by atoms with Gasteiger partial charge in [0.1, 0.15) is 0 Å². The highest BCUT2D eigenvalue weighted by Crippen LogP contribution is 2.24. The molecule has 3 heteroatoms. The van der Waals surface area contributed by atoms with Gasteiger partial charge in [-0.15, -0.1) is 0 Å². The van der Waals surface area contributed by atoms with Crippen molar-refractivity contribution in [3.63, 3.8) is 0 Å². The first kappa shape index (κ1) is 13.1. The molecule has 2 atom stereocenters. The van der Waals surface area contributed by atoms with Gasteiger partial charge in [0.2, 0.25) is 0 Å². The second-order valence-corrected chi connectivity index (χ2v) is 7.02. The lowest BCUT2D eigenvalue weighted by molar-refractivity contribution is 0.0878. The van der Waals surface area contributed by atoms with Crippen LogP contribution >= 0.6 is 11.3 Å². The smallest absolute Gasteiger partial charge is 0.0246 e. The van der Waals surface area contributed by atoms with E-state index in [-0.39, 0.29) is 0 Å². The summed E-state index contributed by atoms with van der Waals surface area (Å²) in [5, 5.41) is 8.11. The predicted molar refractivity (Wildman–Crippen MR) is 75.4 cm³/mol. The Morgan fingerprint density at radius 3 is 2.82 bits per heavy atom. The SMILES string of the molecule is CC1CNC(C(C)(C)C)CN1Cc1ccsc1. The molecule has 1 aromatic rings. The van der Waals surface area contributed by atoms with Crippen LogP contribution in [0.1, 0.15) is 33.3 Å². The van der Waals surface area contributed by atoms with Gasteiger partial charge in [0.05, 0.1) is 0 Å². The third kappa shape index (κ3) is 3.30. The van der Waals surface area contributed by atoms with Gasteiger partial charge in [0, 0.05) is 31.7 Å². The maximum atomic E-state index is 3.68. The Kier molecular flexibility index (Phi) is 3.91. The third-order valence-corrected chi connectivity index (χ3v) is 4.44. The van der Waals surface area contributed by atoms with Crippen LogP contribution in [0, 0.1) is 5.41 Å². The van der Waals surface area contributed by atoms with E-state index in [0.717, 1.165) is 19.6 Å². The van der Waals surface area contributed by atoms with E-state index in [9.17, 15) is 0 Å². The fourth-order valence-electron chi connectivity index (χ4n) is 2.34. The summed E-state index contributed by atoms with van der Waals surface area (Å²) in [7, 11) is 0. The Morgan fingerprint density at radius 2 is 2.24 bits per heavy atom. The summed E-state index contributed by atoms with van der Waals surface area (Å²) in [5.74, 6) is 0. The molecule has 0 radical (unpaired) electrons. The van der Waals surface area contributed by atoms with Crippen LogP contribution in [0.5, 0.6) is 0 Å². The fourth-order valence-corrected chi connectivity index (χ4v) is 3.00. The molecule has 1 aliphatic rings. The zero-order valence-corrected chi connectivity index (χ0v) is 12.2. The van der Waals surface area contributed by atoms with Crippen molar-refractivity contribution in [3.8, 4) is 0 Å². The quantitative estimate of drug-likeness (QED) is 0.870. The maximum Gasteiger partial charge on any atom is 0.0246 e. The molecule has 96 valence electrons. The van der Waals surface area contributed by atoms with E-state index in [1.54, 1.807) is 11.3 Å². The van der Waals surface area contributed by atoms with Crippen LogP contribution in [-0.2, 0) is 6.54 Å². The van der Waals surface area contributed by atoms with Gasteiger partial charge in [-0.1, -0.05) is 20.8 Å². The summed E-state index contributed by atoms with van der Waals surface area (Å²) in [5.41, 5.74) is 1.80. The molecule has 2 heterocycles. The Hall–Kier alpha value is -0.380. The van der Waals surface area contributed by atoms with Gasteiger partial charge in [-0.2, -0.15) is 11.3 Å². The Morgan fingerprint density at radius 1 is 1.47 bits per heavy atom. The van der Waals surface area contributed by atoms with E-state index in [2.05, 4.69) is 54.7 Å². The van der Waals surface area contributed by atoms with Crippen LogP contribution in [0.25, 0.3) is 0 Å². The van der Waals surface area contributed by atoms with Crippen molar-refractivity contribution in [3.05, 3.63) is 22.4 Å². The summed E-state index contributed by atoms with van der Waals surface area (Å²) in [6.45, 7) is 12.6. The average molecular weight is 252 g/mol. The first-order valence-corrected chi connectivity index (χ1v) is 7.39. The number of hydrogen-bond donors (Lipinski definition) is 1. The first-order chi connectivity index (χ1) is 7.97. The molecule has 1 aliphatic heterocycles. The van der Waals surface area contributed by atoms with Crippen molar-refractivity contribution in [2.24, 2.45) is 5.41 Å². The predicted octanol–water partition coefficient (Wildman–Crippen LogP) is 2.96. The molecule has 2 rings (SSSR count). The number of piperazine rings is 1. The molecule has 2 nitrogen and oxygen atoms in total. The van der Waals surface area contributed by atoms with Crippen molar-refractivity contribution in [2.45, 2.75) is 46.3 Å². The largest absolute Gasteiger partial charge is 0.311 e. The highest BCUT2D eigenvalue weighted by Gasteiger charge is 2.32. The summed E-state index contributed by atoms with van der Waals surface area (Å²) >= 11 is 1.79. The molecule has 0 aromatic carbocycles. The summed E-state index contributed by atoms with van der Waals surface area (Å²) in [4.78, 5) is 2.61. The molecule has 0 amide bonds.